The number of piperidine rings is 1. The third kappa shape index (κ3) is 2.86. The lowest BCUT2D eigenvalue weighted by Gasteiger charge is -2.33. The number of thioether (sulfide) groups is 1. The average molecular weight is 266 g/mol. The van der Waals surface area contributed by atoms with Crippen LogP contribution in [0.3, 0.4) is 0 Å². The lowest BCUT2D eigenvalue weighted by atomic mass is 10.1. The monoisotopic (exact) mass is 266 g/mol. The van der Waals surface area contributed by atoms with Crippen molar-refractivity contribution >= 4 is 23.1 Å². The molecule has 1 aromatic carbocycles. The van der Waals surface area contributed by atoms with Crippen LogP contribution in [0.2, 0.25) is 0 Å². The van der Waals surface area contributed by atoms with E-state index in [0.717, 1.165) is 35.5 Å². The van der Waals surface area contributed by atoms with Gasteiger partial charge in [-0.2, -0.15) is 11.8 Å². The Morgan fingerprint density at radius 1 is 1.39 bits per heavy atom. The number of ether oxygens (including phenoxy) is 1. The van der Waals surface area contributed by atoms with Crippen LogP contribution >= 0.6 is 11.8 Å². The van der Waals surface area contributed by atoms with Gasteiger partial charge in [-0.25, -0.2) is 0 Å². The van der Waals surface area contributed by atoms with Crippen LogP contribution in [0, 0.1) is 0 Å². The Morgan fingerprint density at radius 3 is 2.72 bits per heavy atom. The van der Waals surface area contributed by atoms with Gasteiger partial charge in [-0.15, -0.1) is 0 Å². The van der Waals surface area contributed by atoms with Crippen molar-refractivity contribution in [2.45, 2.75) is 25.0 Å². The van der Waals surface area contributed by atoms with Gasteiger partial charge in [0.1, 0.15) is 5.75 Å². The molecular weight excluding hydrogens is 244 g/mol. The first-order chi connectivity index (χ1) is 8.76. The van der Waals surface area contributed by atoms with E-state index in [1.807, 2.05) is 30.8 Å². The highest BCUT2D eigenvalue weighted by Gasteiger charge is 2.20. The average Bonchev–Trinajstić information content (AvgIpc) is 2.42. The second kappa shape index (κ2) is 6.23. The molecule has 0 spiro atoms. The van der Waals surface area contributed by atoms with Crippen molar-refractivity contribution in [2.75, 3.05) is 36.6 Å². The topological polar surface area (TPSA) is 38.5 Å². The molecule has 3 nitrogen and oxygen atoms in total. The van der Waals surface area contributed by atoms with E-state index in [1.165, 1.54) is 12.8 Å². The molecule has 0 saturated carbocycles. The molecule has 1 aliphatic heterocycles. The minimum Gasteiger partial charge on any atom is -0.492 e. The van der Waals surface area contributed by atoms with E-state index in [1.54, 1.807) is 0 Å². The fourth-order valence-electron chi connectivity index (χ4n) is 2.42. The number of para-hydroxylation sites is 1. The van der Waals surface area contributed by atoms with Gasteiger partial charge in [0.15, 0.2) is 0 Å². The molecule has 1 saturated heterocycles. The Morgan fingerprint density at radius 2 is 2.11 bits per heavy atom. The number of nitrogen functional groups attached to an aromatic ring is 1. The van der Waals surface area contributed by atoms with Crippen LogP contribution in [0.25, 0.3) is 0 Å². The molecular formula is C14H22N2OS. The number of rotatable bonds is 4. The molecule has 1 fully saturated rings. The zero-order valence-electron chi connectivity index (χ0n) is 11.2. The largest absolute Gasteiger partial charge is 0.492 e. The van der Waals surface area contributed by atoms with Gasteiger partial charge in [0.05, 0.1) is 18.0 Å². The van der Waals surface area contributed by atoms with Crippen molar-refractivity contribution in [3.8, 4) is 5.75 Å². The van der Waals surface area contributed by atoms with Crippen LogP contribution < -0.4 is 15.4 Å². The van der Waals surface area contributed by atoms with Gasteiger partial charge in [0.2, 0.25) is 0 Å². The number of benzene rings is 1. The van der Waals surface area contributed by atoms with Gasteiger partial charge in [0.25, 0.3) is 0 Å². The minimum absolute atomic E-state index is 0.655. The summed E-state index contributed by atoms with van der Waals surface area (Å²) in [5, 5.41) is 0.803. The van der Waals surface area contributed by atoms with Crippen LogP contribution in [-0.4, -0.2) is 31.2 Å². The van der Waals surface area contributed by atoms with E-state index in [2.05, 4.69) is 17.2 Å². The van der Waals surface area contributed by atoms with Crippen molar-refractivity contribution in [3.05, 3.63) is 18.2 Å². The number of hydrogen-bond acceptors (Lipinski definition) is 4. The van der Waals surface area contributed by atoms with Crippen LogP contribution in [0.1, 0.15) is 19.8 Å². The van der Waals surface area contributed by atoms with Crippen molar-refractivity contribution in [3.63, 3.8) is 0 Å². The molecule has 1 aliphatic rings. The van der Waals surface area contributed by atoms with Gasteiger partial charge < -0.3 is 15.4 Å². The Labute approximate surface area is 114 Å². The molecule has 100 valence electrons. The highest BCUT2D eigenvalue weighted by atomic mass is 32.2. The lowest BCUT2D eigenvalue weighted by molar-refractivity contribution is 0.342. The minimum atomic E-state index is 0.655. The summed E-state index contributed by atoms with van der Waals surface area (Å²) in [6.45, 7) is 4.81. The number of hydrogen-bond donors (Lipinski definition) is 1. The molecule has 0 aliphatic carbocycles. The van der Waals surface area contributed by atoms with Crippen molar-refractivity contribution < 1.29 is 4.74 Å². The van der Waals surface area contributed by atoms with Crippen molar-refractivity contribution in [1.82, 2.24) is 0 Å². The molecule has 0 aromatic heterocycles. The van der Waals surface area contributed by atoms with Gasteiger partial charge in [-0.05, 0) is 38.2 Å². The van der Waals surface area contributed by atoms with Gasteiger partial charge in [-0.3, -0.25) is 0 Å². The zero-order valence-corrected chi connectivity index (χ0v) is 12.0. The maximum Gasteiger partial charge on any atom is 0.144 e. The molecule has 0 radical (unpaired) electrons. The third-order valence-electron chi connectivity index (χ3n) is 3.46. The summed E-state index contributed by atoms with van der Waals surface area (Å²) in [7, 11) is 0. The van der Waals surface area contributed by atoms with Crippen LogP contribution in [0.5, 0.6) is 5.75 Å². The second-order valence-electron chi connectivity index (χ2n) is 4.54. The molecule has 0 atom stereocenters. The summed E-state index contributed by atoms with van der Waals surface area (Å²) in [6, 6.07) is 6.06. The van der Waals surface area contributed by atoms with Gasteiger partial charge >= 0.3 is 0 Å². The Hall–Kier alpha value is -1.03. The molecule has 2 rings (SSSR count). The first kappa shape index (κ1) is 13.4. The van der Waals surface area contributed by atoms with Gasteiger partial charge in [0, 0.05) is 18.3 Å². The molecule has 4 heteroatoms. The predicted molar refractivity (Wildman–Crippen MR) is 80.8 cm³/mol. The highest BCUT2D eigenvalue weighted by molar-refractivity contribution is 7.99. The molecule has 0 amide bonds. The van der Waals surface area contributed by atoms with Crippen molar-refractivity contribution in [1.29, 1.82) is 0 Å². The Kier molecular flexibility index (Phi) is 4.64. The first-order valence-corrected chi connectivity index (χ1v) is 7.84. The summed E-state index contributed by atoms with van der Waals surface area (Å²) in [4.78, 5) is 2.38. The van der Waals surface area contributed by atoms with Crippen LogP contribution in [0.15, 0.2) is 18.2 Å². The standard InChI is InChI=1S/C14H22N2OS/c1-3-17-13-6-4-5-12(14(13)15)16-9-7-11(18-2)8-10-16/h4-6,11H,3,7-10,15H2,1-2H3. The van der Waals surface area contributed by atoms with E-state index in [4.69, 9.17) is 10.5 Å². The summed E-state index contributed by atoms with van der Waals surface area (Å²) in [6.07, 6.45) is 4.67. The molecule has 1 heterocycles. The predicted octanol–water partition coefficient (Wildman–Crippen LogP) is 3.00. The Balaban J connectivity index is 2.11. The SMILES string of the molecule is CCOc1cccc(N2CCC(SC)CC2)c1N. The van der Waals surface area contributed by atoms with Crippen LogP contribution in [-0.2, 0) is 0 Å². The molecule has 2 N–H and O–H groups in total. The van der Waals surface area contributed by atoms with E-state index < -0.39 is 0 Å². The first-order valence-electron chi connectivity index (χ1n) is 6.55. The highest BCUT2D eigenvalue weighted by Crippen LogP contribution is 2.34. The summed E-state index contributed by atoms with van der Waals surface area (Å²) in [5.74, 6) is 0.807. The Bertz CT molecular complexity index is 389. The quantitative estimate of drug-likeness (QED) is 0.850. The molecule has 18 heavy (non-hydrogen) atoms. The fraction of sp³-hybridized carbons (Fsp3) is 0.571. The second-order valence-corrected chi connectivity index (χ2v) is 5.68. The summed E-state index contributed by atoms with van der Waals surface area (Å²) < 4.78 is 5.55. The number of anilines is 2. The fourth-order valence-corrected chi connectivity index (χ4v) is 3.10. The van der Waals surface area contributed by atoms with E-state index in [9.17, 15) is 0 Å². The smallest absolute Gasteiger partial charge is 0.144 e. The lowest BCUT2D eigenvalue weighted by Crippen LogP contribution is -2.35. The van der Waals surface area contributed by atoms with E-state index in [-0.39, 0.29) is 0 Å². The normalized spacial score (nSPS) is 16.9. The molecule has 0 bridgehead atoms. The molecule has 0 unspecified atom stereocenters. The number of nitrogens with two attached hydrogens (primary N) is 1. The van der Waals surface area contributed by atoms with Crippen molar-refractivity contribution in [2.24, 2.45) is 0 Å². The van der Waals surface area contributed by atoms with E-state index in [0.29, 0.717) is 6.61 Å². The van der Waals surface area contributed by atoms with E-state index >= 15 is 0 Å². The maximum atomic E-state index is 6.20. The summed E-state index contributed by atoms with van der Waals surface area (Å²) in [5.41, 5.74) is 8.10. The van der Waals surface area contributed by atoms with Crippen LogP contribution in [0.4, 0.5) is 11.4 Å². The summed E-state index contributed by atoms with van der Waals surface area (Å²) >= 11 is 1.98. The van der Waals surface area contributed by atoms with Gasteiger partial charge in [-0.1, -0.05) is 6.07 Å². The molecule has 1 aromatic rings. The third-order valence-corrected chi connectivity index (χ3v) is 4.60. The maximum absolute atomic E-state index is 6.20. The zero-order chi connectivity index (χ0) is 13.0. The number of nitrogens with zero attached hydrogens (tertiary/aromatic N) is 1.